The molecular weight excluding hydrogens is 373 g/mol. The van der Waals surface area contributed by atoms with Gasteiger partial charge in [0.15, 0.2) is 16.7 Å². The second-order valence-electron chi connectivity index (χ2n) is 7.23. The molecule has 1 aliphatic rings. The Hall–Kier alpha value is -2.44. The highest BCUT2D eigenvalue weighted by molar-refractivity contribution is 7.13. The van der Waals surface area contributed by atoms with E-state index in [4.69, 9.17) is 10.5 Å². The summed E-state index contributed by atoms with van der Waals surface area (Å²) in [6.07, 6.45) is 1.84. The SMILES string of the molecule is COc1cccc(CN2CCC(c3ccccc3)(c3csc(N)n3)CC2)c1F. The number of rotatable bonds is 5. The van der Waals surface area contributed by atoms with E-state index in [0.717, 1.165) is 31.6 Å². The van der Waals surface area contributed by atoms with Crippen LogP contribution in [0.15, 0.2) is 53.9 Å². The number of anilines is 1. The van der Waals surface area contributed by atoms with Gasteiger partial charge < -0.3 is 10.5 Å². The normalized spacial score (nSPS) is 16.8. The molecule has 0 amide bonds. The molecular formula is C22H24FN3OS. The number of ether oxygens (including phenoxy) is 1. The molecule has 3 aromatic rings. The number of nitrogens with zero attached hydrogens (tertiary/aromatic N) is 2. The summed E-state index contributed by atoms with van der Waals surface area (Å²) in [5.41, 5.74) is 8.79. The lowest BCUT2D eigenvalue weighted by atomic mass is 9.70. The first-order valence-electron chi connectivity index (χ1n) is 9.43. The molecule has 2 heterocycles. The zero-order chi connectivity index (χ0) is 19.6. The number of hydrogen-bond donors (Lipinski definition) is 1. The third kappa shape index (κ3) is 3.50. The van der Waals surface area contributed by atoms with Crippen molar-refractivity contribution >= 4 is 16.5 Å². The van der Waals surface area contributed by atoms with Gasteiger partial charge in [0.05, 0.1) is 12.8 Å². The van der Waals surface area contributed by atoms with E-state index in [-0.39, 0.29) is 11.2 Å². The minimum Gasteiger partial charge on any atom is -0.494 e. The Labute approximate surface area is 168 Å². The van der Waals surface area contributed by atoms with Gasteiger partial charge >= 0.3 is 0 Å². The Morgan fingerprint density at radius 1 is 1.14 bits per heavy atom. The number of piperidine rings is 1. The van der Waals surface area contributed by atoms with E-state index in [9.17, 15) is 4.39 Å². The van der Waals surface area contributed by atoms with E-state index in [1.54, 1.807) is 6.07 Å². The van der Waals surface area contributed by atoms with Gasteiger partial charge in [-0.05, 0) is 37.6 Å². The molecule has 1 aromatic heterocycles. The number of hydrogen-bond acceptors (Lipinski definition) is 5. The van der Waals surface area contributed by atoms with Crippen LogP contribution in [0.4, 0.5) is 9.52 Å². The molecule has 0 bridgehead atoms. The summed E-state index contributed by atoms with van der Waals surface area (Å²) in [6.45, 7) is 2.30. The lowest BCUT2D eigenvalue weighted by Gasteiger charge is -2.41. The minimum absolute atomic E-state index is 0.140. The molecule has 4 nitrogen and oxygen atoms in total. The molecule has 6 heteroatoms. The summed E-state index contributed by atoms with van der Waals surface area (Å²) in [5.74, 6) is 0.0308. The summed E-state index contributed by atoms with van der Waals surface area (Å²) in [7, 11) is 1.50. The smallest absolute Gasteiger partial charge is 0.180 e. The number of nitrogens with two attached hydrogens (primary N) is 1. The number of thiazole rings is 1. The van der Waals surface area contributed by atoms with Crippen molar-refractivity contribution in [1.82, 2.24) is 9.88 Å². The lowest BCUT2D eigenvalue weighted by Crippen LogP contribution is -2.43. The first kappa shape index (κ1) is 18.9. The van der Waals surface area contributed by atoms with Crippen LogP contribution in [0, 0.1) is 5.82 Å². The van der Waals surface area contributed by atoms with Crippen LogP contribution in [0.25, 0.3) is 0 Å². The number of nitrogen functional groups attached to an aromatic ring is 1. The Morgan fingerprint density at radius 2 is 1.89 bits per heavy atom. The molecule has 28 heavy (non-hydrogen) atoms. The second-order valence-corrected chi connectivity index (χ2v) is 8.12. The Morgan fingerprint density at radius 3 is 2.54 bits per heavy atom. The fourth-order valence-electron chi connectivity index (χ4n) is 4.13. The first-order chi connectivity index (χ1) is 13.6. The summed E-state index contributed by atoms with van der Waals surface area (Å²) < 4.78 is 19.7. The third-order valence-corrected chi connectivity index (χ3v) is 6.38. The van der Waals surface area contributed by atoms with Crippen LogP contribution < -0.4 is 10.5 Å². The molecule has 0 spiro atoms. The van der Waals surface area contributed by atoms with Crippen molar-refractivity contribution in [3.05, 3.63) is 76.5 Å². The number of likely N-dealkylation sites (tertiary alicyclic amines) is 1. The van der Waals surface area contributed by atoms with Gasteiger partial charge in [-0.2, -0.15) is 0 Å². The zero-order valence-corrected chi connectivity index (χ0v) is 16.7. The number of methoxy groups -OCH3 is 1. The zero-order valence-electron chi connectivity index (χ0n) is 15.9. The average Bonchev–Trinajstić information content (AvgIpc) is 3.18. The van der Waals surface area contributed by atoms with E-state index in [0.29, 0.717) is 23.0 Å². The fraction of sp³-hybridized carbons (Fsp3) is 0.318. The summed E-state index contributed by atoms with van der Waals surface area (Å²) in [6, 6.07) is 15.9. The molecule has 2 N–H and O–H groups in total. The van der Waals surface area contributed by atoms with Gasteiger partial charge in [-0.1, -0.05) is 42.5 Å². The molecule has 1 saturated heterocycles. The summed E-state index contributed by atoms with van der Waals surface area (Å²) in [5, 5.41) is 2.69. The molecule has 0 aliphatic carbocycles. The van der Waals surface area contributed by atoms with Crippen molar-refractivity contribution in [3.8, 4) is 5.75 Å². The highest BCUT2D eigenvalue weighted by Gasteiger charge is 2.39. The maximum Gasteiger partial charge on any atom is 0.180 e. The van der Waals surface area contributed by atoms with Crippen molar-refractivity contribution in [2.75, 3.05) is 25.9 Å². The molecule has 0 unspecified atom stereocenters. The maximum atomic E-state index is 14.5. The molecule has 2 aromatic carbocycles. The fourth-order valence-corrected chi connectivity index (χ4v) is 4.79. The van der Waals surface area contributed by atoms with Gasteiger partial charge in [0.1, 0.15) is 0 Å². The number of benzene rings is 2. The van der Waals surface area contributed by atoms with Crippen LogP contribution in [0.5, 0.6) is 5.75 Å². The predicted molar refractivity (Wildman–Crippen MR) is 111 cm³/mol. The van der Waals surface area contributed by atoms with Crippen LogP contribution in [-0.4, -0.2) is 30.1 Å². The largest absolute Gasteiger partial charge is 0.494 e. The quantitative estimate of drug-likeness (QED) is 0.691. The average molecular weight is 398 g/mol. The topological polar surface area (TPSA) is 51.4 Å². The highest BCUT2D eigenvalue weighted by atomic mass is 32.1. The predicted octanol–water partition coefficient (Wildman–Crippen LogP) is 4.46. The number of halogens is 1. The monoisotopic (exact) mass is 397 g/mol. The van der Waals surface area contributed by atoms with Crippen molar-refractivity contribution in [2.45, 2.75) is 24.8 Å². The van der Waals surface area contributed by atoms with Crippen molar-refractivity contribution in [1.29, 1.82) is 0 Å². The first-order valence-corrected chi connectivity index (χ1v) is 10.3. The van der Waals surface area contributed by atoms with Crippen molar-refractivity contribution < 1.29 is 9.13 Å². The van der Waals surface area contributed by atoms with Crippen LogP contribution >= 0.6 is 11.3 Å². The van der Waals surface area contributed by atoms with E-state index >= 15 is 0 Å². The van der Waals surface area contributed by atoms with Gasteiger partial charge in [-0.3, -0.25) is 4.90 Å². The summed E-state index contributed by atoms with van der Waals surface area (Å²) in [4.78, 5) is 6.93. The molecule has 0 radical (unpaired) electrons. The third-order valence-electron chi connectivity index (χ3n) is 5.71. The molecule has 1 fully saturated rings. The molecule has 4 rings (SSSR count). The van der Waals surface area contributed by atoms with Gasteiger partial charge in [0.2, 0.25) is 0 Å². The highest BCUT2D eigenvalue weighted by Crippen LogP contribution is 2.42. The lowest BCUT2D eigenvalue weighted by molar-refractivity contribution is 0.168. The van der Waals surface area contributed by atoms with E-state index in [2.05, 4.69) is 39.5 Å². The second kappa shape index (κ2) is 7.89. The van der Waals surface area contributed by atoms with Gasteiger partial charge in [0.25, 0.3) is 0 Å². The number of aromatic nitrogens is 1. The Kier molecular flexibility index (Phi) is 5.33. The standard InChI is InChI=1S/C22H24FN3OS/c1-27-18-9-5-6-16(20(18)23)14-26-12-10-22(11-13-26,17-7-3-2-4-8-17)19-15-28-21(24)25-19/h2-9,15H,10-14H2,1H3,(H2,24,25). The molecule has 0 saturated carbocycles. The van der Waals surface area contributed by atoms with E-state index < -0.39 is 0 Å². The Balaban J connectivity index is 1.56. The van der Waals surface area contributed by atoms with Crippen LogP contribution in [0.3, 0.4) is 0 Å². The van der Waals surface area contributed by atoms with Gasteiger partial charge in [0, 0.05) is 22.9 Å². The van der Waals surface area contributed by atoms with Gasteiger partial charge in [-0.15, -0.1) is 11.3 Å². The van der Waals surface area contributed by atoms with Crippen molar-refractivity contribution in [3.63, 3.8) is 0 Å². The van der Waals surface area contributed by atoms with Gasteiger partial charge in [-0.25, -0.2) is 9.37 Å². The summed E-state index contributed by atoms with van der Waals surface area (Å²) >= 11 is 1.49. The minimum atomic E-state index is -0.267. The molecule has 146 valence electrons. The van der Waals surface area contributed by atoms with E-state index in [1.165, 1.54) is 24.0 Å². The van der Waals surface area contributed by atoms with Crippen LogP contribution in [0.1, 0.15) is 29.7 Å². The van der Waals surface area contributed by atoms with Crippen LogP contribution in [0.2, 0.25) is 0 Å². The van der Waals surface area contributed by atoms with Crippen molar-refractivity contribution in [2.24, 2.45) is 0 Å². The van der Waals surface area contributed by atoms with Crippen LogP contribution in [-0.2, 0) is 12.0 Å². The molecule has 0 atom stereocenters. The Bertz CT molecular complexity index is 936. The maximum absolute atomic E-state index is 14.5. The molecule has 1 aliphatic heterocycles. The van der Waals surface area contributed by atoms with E-state index in [1.807, 2.05) is 18.2 Å².